The zero-order valence-corrected chi connectivity index (χ0v) is 11.4. The van der Waals surface area contributed by atoms with Crippen molar-refractivity contribution in [3.8, 4) is 0 Å². The third kappa shape index (κ3) is 7.40. The van der Waals surface area contributed by atoms with Crippen LogP contribution in [0.5, 0.6) is 0 Å². The summed E-state index contributed by atoms with van der Waals surface area (Å²) in [4.78, 5) is 11.3. The van der Waals surface area contributed by atoms with Crippen LogP contribution >= 0.6 is 0 Å². The van der Waals surface area contributed by atoms with Crippen molar-refractivity contribution in [3.63, 3.8) is 0 Å². The van der Waals surface area contributed by atoms with Gasteiger partial charge in [0, 0.05) is 6.42 Å². The molecule has 2 heteroatoms. The fourth-order valence-electron chi connectivity index (χ4n) is 2.48. The number of unbranched alkanes of at least 4 members (excludes halogenated alkanes) is 6. The molecule has 0 aliphatic carbocycles. The number of carbonyl (C=O) groups is 1. The van der Waals surface area contributed by atoms with Gasteiger partial charge in [-0.25, -0.2) is 0 Å². The van der Waals surface area contributed by atoms with Crippen molar-refractivity contribution in [1.29, 1.82) is 0 Å². The molecular weight excluding hydrogens is 212 g/mol. The number of carbonyl (C=O) groups excluding carboxylic acids is 1. The summed E-state index contributed by atoms with van der Waals surface area (Å²) in [6.07, 6.45) is 14.5. The van der Waals surface area contributed by atoms with Crippen LogP contribution in [0.4, 0.5) is 0 Å². The van der Waals surface area contributed by atoms with Crippen LogP contribution < -0.4 is 0 Å². The maximum Gasteiger partial charge on any atom is 0.306 e. The normalized spacial score (nSPS) is 21.0. The minimum absolute atomic E-state index is 0.0236. The molecule has 2 nitrogen and oxygen atoms in total. The summed E-state index contributed by atoms with van der Waals surface area (Å²) in [5.74, 6) is 0.0236. The van der Waals surface area contributed by atoms with Gasteiger partial charge in [-0.05, 0) is 32.1 Å². The van der Waals surface area contributed by atoms with Gasteiger partial charge in [0.2, 0.25) is 0 Å². The molecular formula is C15H28O2. The van der Waals surface area contributed by atoms with E-state index in [1.54, 1.807) is 0 Å². The maximum atomic E-state index is 11.3. The Hall–Kier alpha value is -0.530. The van der Waals surface area contributed by atoms with Crippen LogP contribution in [0, 0.1) is 0 Å². The van der Waals surface area contributed by atoms with E-state index in [0.717, 1.165) is 25.7 Å². The Labute approximate surface area is 106 Å². The van der Waals surface area contributed by atoms with Gasteiger partial charge in [-0.3, -0.25) is 4.79 Å². The standard InChI is InChI=1S/C15H28O2/c1-2-3-4-5-6-7-8-11-14-12-9-10-13-15(16)17-14/h14H,2-13H2,1H3. The van der Waals surface area contributed by atoms with Crippen LogP contribution in [0.1, 0.15) is 84.0 Å². The van der Waals surface area contributed by atoms with Crippen LogP contribution in [-0.2, 0) is 9.53 Å². The summed E-state index contributed by atoms with van der Waals surface area (Å²) in [6, 6.07) is 0. The summed E-state index contributed by atoms with van der Waals surface area (Å²) >= 11 is 0. The second kappa shape index (κ2) is 9.49. The Balaban J connectivity index is 1.96. The van der Waals surface area contributed by atoms with Crippen molar-refractivity contribution in [2.24, 2.45) is 0 Å². The van der Waals surface area contributed by atoms with Crippen LogP contribution in [0.15, 0.2) is 0 Å². The van der Waals surface area contributed by atoms with E-state index in [0.29, 0.717) is 6.42 Å². The first kappa shape index (κ1) is 14.5. The SMILES string of the molecule is CCCCCCCCCC1CCCCC(=O)O1. The molecule has 0 spiro atoms. The van der Waals surface area contributed by atoms with Crippen molar-refractivity contribution in [2.45, 2.75) is 90.1 Å². The van der Waals surface area contributed by atoms with Crippen LogP contribution in [0.3, 0.4) is 0 Å². The van der Waals surface area contributed by atoms with Gasteiger partial charge in [0.1, 0.15) is 6.10 Å². The van der Waals surface area contributed by atoms with Gasteiger partial charge < -0.3 is 4.74 Å². The van der Waals surface area contributed by atoms with Crippen molar-refractivity contribution in [1.82, 2.24) is 0 Å². The molecule has 100 valence electrons. The Morgan fingerprint density at radius 3 is 2.53 bits per heavy atom. The first-order chi connectivity index (χ1) is 8.33. The van der Waals surface area contributed by atoms with E-state index < -0.39 is 0 Å². The molecule has 1 aliphatic rings. The molecule has 1 heterocycles. The van der Waals surface area contributed by atoms with E-state index >= 15 is 0 Å². The molecule has 1 aliphatic heterocycles. The van der Waals surface area contributed by atoms with Crippen molar-refractivity contribution >= 4 is 5.97 Å². The van der Waals surface area contributed by atoms with E-state index in [9.17, 15) is 4.79 Å². The monoisotopic (exact) mass is 240 g/mol. The second-order valence-electron chi connectivity index (χ2n) is 5.27. The van der Waals surface area contributed by atoms with Gasteiger partial charge in [-0.15, -0.1) is 0 Å². The highest BCUT2D eigenvalue weighted by atomic mass is 16.5. The first-order valence-electron chi connectivity index (χ1n) is 7.52. The zero-order valence-electron chi connectivity index (χ0n) is 11.4. The first-order valence-corrected chi connectivity index (χ1v) is 7.52. The molecule has 0 aromatic carbocycles. The molecule has 1 unspecified atom stereocenters. The molecule has 1 fully saturated rings. The van der Waals surface area contributed by atoms with Crippen molar-refractivity contribution < 1.29 is 9.53 Å². The average Bonchev–Trinajstić information content (AvgIpc) is 2.52. The summed E-state index contributed by atoms with van der Waals surface area (Å²) in [7, 11) is 0. The Morgan fingerprint density at radius 2 is 1.76 bits per heavy atom. The minimum atomic E-state index is 0.0236. The Morgan fingerprint density at radius 1 is 1.06 bits per heavy atom. The number of cyclic esters (lactones) is 1. The van der Waals surface area contributed by atoms with E-state index in [1.807, 2.05) is 0 Å². The Bertz CT molecular complexity index is 201. The average molecular weight is 240 g/mol. The highest BCUT2D eigenvalue weighted by molar-refractivity contribution is 5.69. The molecule has 0 saturated carbocycles. The van der Waals surface area contributed by atoms with Gasteiger partial charge in [0.25, 0.3) is 0 Å². The molecule has 0 N–H and O–H groups in total. The van der Waals surface area contributed by atoms with E-state index in [1.165, 1.54) is 44.9 Å². The fraction of sp³-hybridized carbons (Fsp3) is 0.933. The quantitative estimate of drug-likeness (QED) is 0.457. The summed E-state index contributed by atoms with van der Waals surface area (Å²) < 4.78 is 5.42. The third-order valence-corrected chi connectivity index (χ3v) is 3.58. The van der Waals surface area contributed by atoms with Crippen LogP contribution in [0.25, 0.3) is 0 Å². The number of rotatable bonds is 8. The van der Waals surface area contributed by atoms with Crippen LogP contribution in [-0.4, -0.2) is 12.1 Å². The van der Waals surface area contributed by atoms with Gasteiger partial charge in [0.15, 0.2) is 0 Å². The zero-order chi connectivity index (χ0) is 12.3. The number of esters is 1. The lowest BCUT2D eigenvalue weighted by molar-refractivity contribution is -0.148. The molecule has 1 atom stereocenters. The number of ether oxygens (including phenoxy) is 1. The van der Waals surface area contributed by atoms with Gasteiger partial charge in [-0.2, -0.15) is 0 Å². The summed E-state index contributed by atoms with van der Waals surface area (Å²) in [5, 5.41) is 0. The van der Waals surface area contributed by atoms with Crippen molar-refractivity contribution in [2.75, 3.05) is 0 Å². The lowest BCUT2D eigenvalue weighted by Crippen LogP contribution is -2.15. The van der Waals surface area contributed by atoms with Crippen molar-refractivity contribution in [3.05, 3.63) is 0 Å². The lowest BCUT2D eigenvalue weighted by atomic mass is 10.0. The highest BCUT2D eigenvalue weighted by Crippen LogP contribution is 2.19. The highest BCUT2D eigenvalue weighted by Gasteiger charge is 2.17. The van der Waals surface area contributed by atoms with Crippen LogP contribution in [0.2, 0.25) is 0 Å². The molecule has 0 amide bonds. The van der Waals surface area contributed by atoms with E-state index in [4.69, 9.17) is 4.74 Å². The largest absolute Gasteiger partial charge is 0.462 e. The number of hydrogen-bond acceptors (Lipinski definition) is 2. The minimum Gasteiger partial charge on any atom is -0.462 e. The van der Waals surface area contributed by atoms with Gasteiger partial charge in [-0.1, -0.05) is 45.4 Å². The van der Waals surface area contributed by atoms with E-state index in [-0.39, 0.29) is 12.1 Å². The maximum absolute atomic E-state index is 11.3. The fourth-order valence-corrected chi connectivity index (χ4v) is 2.48. The van der Waals surface area contributed by atoms with Gasteiger partial charge in [0.05, 0.1) is 0 Å². The summed E-state index contributed by atoms with van der Waals surface area (Å²) in [5.41, 5.74) is 0. The molecule has 1 saturated heterocycles. The Kier molecular flexibility index (Phi) is 8.12. The molecule has 0 radical (unpaired) electrons. The van der Waals surface area contributed by atoms with E-state index in [2.05, 4.69) is 6.92 Å². The van der Waals surface area contributed by atoms with Gasteiger partial charge >= 0.3 is 5.97 Å². The smallest absolute Gasteiger partial charge is 0.306 e. The molecule has 0 bridgehead atoms. The summed E-state index contributed by atoms with van der Waals surface area (Å²) in [6.45, 7) is 2.25. The lowest BCUT2D eigenvalue weighted by Gasteiger charge is -2.14. The molecule has 17 heavy (non-hydrogen) atoms. The topological polar surface area (TPSA) is 26.3 Å². The predicted octanol–water partition coefficient (Wildman–Crippen LogP) is 4.61. The third-order valence-electron chi connectivity index (χ3n) is 3.58. The molecule has 1 rings (SSSR count). The molecule has 0 aromatic rings. The second-order valence-corrected chi connectivity index (χ2v) is 5.27. The molecule has 0 aromatic heterocycles. The number of hydrogen-bond donors (Lipinski definition) is 0. The predicted molar refractivity (Wildman–Crippen MR) is 71.0 cm³/mol.